The molecule has 6 heteroatoms. The summed E-state index contributed by atoms with van der Waals surface area (Å²) in [5.74, 6) is 0.530. The first-order valence-corrected chi connectivity index (χ1v) is 7.48. The van der Waals surface area contributed by atoms with Gasteiger partial charge < -0.3 is 14.4 Å². The number of thiophene rings is 1. The highest BCUT2D eigenvalue weighted by Gasteiger charge is 2.12. The van der Waals surface area contributed by atoms with Crippen LogP contribution in [0.5, 0.6) is 0 Å². The lowest BCUT2D eigenvalue weighted by Crippen LogP contribution is -2.25. The molecule has 108 valence electrons. The predicted octanol–water partition coefficient (Wildman–Crippen LogP) is 2.82. The van der Waals surface area contributed by atoms with Crippen LogP contribution in [0.3, 0.4) is 0 Å². The number of rotatable bonds is 5. The minimum atomic E-state index is -0.120. The molecule has 3 aromatic heterocycles. The van der Waals surface area contributed by atoms with E-state index in [1.165, 1.54) is 4.88 Å². The summed E-state index contributed by atoms with van der Waals surface area (Å²) in [4.78, 5) is 13.5. The summed E-state index contributed by atoms with van der Waals surface area (Å²) in [5, 5.41) is 8.67. The molecule has 5 nitrogen and oxygen atoms in total. The maximum Gasteiger partial charge on any atom is 0.268 e. The Hall–Kier alpha value is -2.34. The van der Waals surface area contributed by atoms with Crippen LogP contribution in [-0.2, 0) is 13.1 Å². The molecule has 0 aliphatic rings. The van der Waals surface area contributed by atoms with Gasteiger partial charge in [-0.05, 0) is 30.5 Å². The lowest BCUT2D eigenvalue weighted by molar-refractivity contribution is 0.0938. The quantitative estimate of drug-likeness (QED) is 0.788. The van der Waals surface area contributed by atoms with E-state index in [1.807, 2.05) is 47.3 Å². The van der Waals surface area contributed by atoms with E-state index in [-0.39, 0.29) is 5.91 Å². The second kappa shape index (κ2) is 5.97. The van der Waals surface area contributed by atoms with Gasteiger partial charge in [-0.25, -0.2) is 0 Å². The summed E-state index contributed by atoms with van der Waals surface area (Å²) < 4.78 is 7.01. The Labute approximate surface area is 126 Å². The van der Waals surface area contributed by atoms with Gasteiger partial charge in [-0.2, -0.15) is 0 Å². The molecule has 0 radical (unpaired) electrons. The fourth-order valence-electron chi connectivity index (χ4n) is 2.09. The van der Waals surface area contributed by atoms with E-state index < -0.39 is 0 Å². The number of hydrogen-bond acceptors (Lipinski definition) is 4. The van der Waals surface area contributed by atoms with Gasteiger partial charge in [-0.1, -0.05) is 11.2 Å². The maximum absolute atomic E-state index is 12.2. The Bertz CT molecular complexity index is 728. The number of aryl methyl sites for hydroxylation is 1. The third-order valence-electron chi connectivity index (χ3n) is 3.07. The second-order valence-corrected chi connectivity index (χ2v) is 5.75. The van der Waals surface area contributed by atoms with Crippen molar-refractivity contribution in [1.29, 1.82) is 0 Å². The molecule has 3 aromatic rings. The van der Waals surface area contributed by atoms with E-state index in [2.05, 4.69) is 16.5 Å². The summed E-state index contributed by atoms with van der Waals surface area (Å²) in [7, 11) is 0. The van der Waals surface area contributed by atoms with E-state index in [4.69, 9.17) is 4.52 Å². The number of nitrogens with zero attached hydrogens (tertiary/aromatic N) is 2. The zero-order valence-electron chi connectivity index (χ0n) is 11.6. The second-order valence-electron chi connectivity index (χ2n) is 4.72. The third kappa shape index (κ3) is 3.22. The van der Waals surface area contributed by atoms with Crippen molar-refractivity contribution in [3.05, 3.63) is 63.9 Å². The van der Waals surface area contributed by atoms with Gasteiger partial charge in [0.25, 0.3) is 5.91 Å². The highest BCUT2D eigenvalue weighted by Crippen LogP contribution is 2.13. The summed E-state index contributed by atoms with van der Waals surface area (Å²) in [6.07, 6.45) is 1.91. The molecule has 1 N–H and O–H groups in total. The van der Waals surface area contributed by atoms with Crippen molar-refractivity contribution in [2.45, 2.75) is 20.0 Å². The molecule has 3 heterocycles. The summed E-state index contributed by atoms with van der Waals surface area (Å²) in [6, 6.07) is 9.57. The molecule has 0 aliphatic carbocycles. The molecule has 0 saturated carbocycles. The Kier molecular flexibility index (Phi) is 3.87. The first-order valence-electron chi connectivity index (χ1n) is 6.60. The van der Waals surface area contributed by atoms with Crippen LogP contribution < -0.4 is 5.32 Å². The highest BCUT2D eigenvalue weighted by molar-refractivity contribution is 7.09. The number of carbonyl (C=O) groups excluding carboxylic acids is 1. The van der Waals surface area contributed by atoms with Gasteiger partial charge in [-0.3, -0.25) is 4.79 Å². The van der Waals surface area contributed by atoms with E-state index in [0.717, 1.165) is 5.69 Å². The molecule has 0 unspecified atom stereocenters. The molecule has 1 amide bonds. The van der Waals surface area contributed by atoms with E-state index in [9.17, 15) is 4.79 Å². The number of carbonyl (C=O) groups is 1. The Balaban J connectivity index is 1.66. The van der Waals surface area contributed by atoms with Gasteiger partial charge in [0.05, 0.1) is 18.8 Å². The highest BCUT2D eigenvalue weighted by atomic mass is 32.1. The van der Waals surface area contributed by atoms with E-state index in [1.54, 1.807) is 11.3 Å². The van der Waals surface area contributed by atoms with Crippen molar-refractivity contribution < 1.29 is 9.32 Å². The van der Waals surface area contributed by atoms with Crippen LogP contribution >= 0.6 is 11.3 Å². The van der Waals surface area contributed by atoms with Crippen LogP contribution in [0.2, 0.25) is 0 Å². The Morgan fingerprint density at radius 2 is 2.33 bits per heavy atom. The van der Waals surface area contributed by atoms with Crippen LogP contribution in [0.4, 0.5) is 0 Å². The number of nitrogens with one attached hydrogen (secondary N) is 1. The normalized spacial score (nSPS) is 10.7. The van der Waals surface area contributed by atoms with Crippen molar-refractivity contribution in [3.8, 4) is 0 Å². The van der Waals surface area contributed by atoms with Crippen molar-refractivity contribution in [2.24, 2.45) is 0 Å². The average Bonchev–Trinajstić information content (AvgIpc) is 3.19. The molecule has 0 atom stereocenters. The largest absolute Gasteiger partial charge is 0.359 e. The minimum Gasteiger partial charge on any atom is -0.359 e. The van der Waals surface area contributed by atoms with Crippen LogP contribution in [0.1, 0.15) is 26.8 Å². The van der Waals surface area contributed by atoms with E-state index in [0.29, 0.717) is 24.5 Å². The minimum absolute atomic E-state index is 0.120. The van der Waals surface area contributed by atoms with Gasteiger partial charge >= 0.3 is 0 Å². The van der Waals surface area contributed by atoms with Crippen molar-refractivity contribution >= 4 is 17.2 Å². The van der Waals surface area contributed by atoms with Crippen molar-refractivity contribution in [2.75, 3.05) is 0 Å². The first-order chi connectivity index (χ1) is 10.2. The van der Waals surface area contributed by atoms with Crippen molar-refractivity contribution in [3.63, 3.8) is 0 Å². The number of amides is 1. The molecular formula is C15H15N3O2S. The van der Waals surface area contributed by atoms with Gasteiger partial charge in [0.1, 0.15) is 5.69 Å². The smallest absolute Gasteiger partial charge is 0.268 e. The maximum atomic E-state index is 12.2. The van der Waals surface area contributed by atoms with Crippen molar-refractivity contribution in [1.82, 2.24) is 15.0 Å². The zero-order valence-corrected chi connectivity index (χ0v) is 12.4. The van der Waals surface area contributed by atoms with Gasteiger partial charge in [0, 0.05) is 17.1 Å². The molecule has 0 spiro atoms. The van der Waals surface area contributed by atoms with Gasteiger partial charge in [0.2, 0.25) is 0 Å². The molecule has 3 rings (SSSR count). The molecular weight excluding hydrogens is 286 g/mol. The Morgan fingerprint density at radius 1 is 1.43 bits per heavy atom. The van der Waals surface area contributed by atoms with Crippen LogP contribution in [0.25, 0.3) is 0 Å². The monoisotopic (exact) mass is 301 g/mol. The molecule has 0 bridgehead atoms. The number of aromatic nitrogens is 2. The zero-order chi connectivity index (χ0) is 14.7. The molecule has 0 saturated heterocycles. The first kappa shape index (κ1) is 13.6. The lowest BCUT2D eigenvalue weighted by Gasteiger charge is -2.08. The average molecular weight is 301 g/mol. The summed E-state index contributed by atoms with van der Waals surface area (Å²) in [5.41, 5.74) is 1.44. The fraction of sp³-hybridized carbons (Fsp3) is 0.200. The number of hydrogen-bond donors (Lipinski definition) is 1. The lowest BCUT2D eigenvalue weighted by atomic mass is 10.3. The van der Waals surface area contributed by atoms with Gasteiger partial charge in [-0.15, -0.1) is 11.3 Å². The SMILES string of the molecule is Cc1cc(CNC(=O)c2cccn2Cc2cccs2)on1. The van der Waals surface area contributed by atoms with E-state index >= 15 is 0 Å². The standard InChI is InChI=1S/C15H15N3O2S/c1-11-8-12(20-17-11)9-16-15(19)14-5-2-6-18(14)10-13-4-3-7-21-13/h2-8H,9-10H2,1H3,(H,16,19). The third-order valence-corrected chi connectivity index (χ3v) is 3.93. The van der Waals surface area contributed by atoms with Gasteiger partial charge in [0.15, 0.2) is 5.76 Å². The van der Waals surface area contributed by atoms with Crippen LogP contribution in [-0.4, -0.2) is 15.6 Å². The summed E-state index contributed by atoms with van der Waals surface area (Å²) in [6.45, 7) is 2.89. The summed E-state index contributed by atoms with van der Waals surface area (Å²) >= 11 is 1.68. The Morgan fingerprint density at radius 3 is 3.05 bits per heavy atom. The predicted molar refractivity (Wildman–Crippen MR) is 80.3 cm³/mol. The van der Waals surface area contributed by atoms with Crippen LogP contribution in [0.15, 0.2) is 46.4 Å². The molecule has 21 heavy (non-hydrogen) atoms. The topological polar surface area (TPSA) is 60.1 Å². The van der Waals surface area contributed by atoms with Crippen LogP contribution in [0, 0.1) is 6.92 Å². The molecule has 0 aromatic carbocycles. The fourth-order valence-corrected chi connectivity index (χ4v) is 2.79. The molecule has 0 aliphatic heterocycles. The molecule has 0 fully saturated rings.